The molecule has 1 rings (SSSR count). The molecule has 3 heteroatoms. The van der Waals surface area contributed by atoms with Crippen LogP contribution in [0.25, 0.3) is 0 Å². The minimum absolute atomic E-state index is 0.0617. The maximum atomic E-state index is 11.5. The van der Waals surface area contributed by atoms with Crippen molar-refractivity contribution in [2.75, 3.05) is 6.61 Å². The smallest absolute Gasteiger partial charge is 0.163 e. The van der Waals surface area contributed by atoms with Crippen molar-refractivity contribution in [3.63, 3.8) is 0 Å². The maximum Gasteiger partial charge on any atom is 0.163 e. The molecule has 0 unspecified atom stereocenters. The third-order valence-electron chi connectivity index (χ3n) is 2.18. The van der Waals surface area contributed by atoms with Gasteiger partial charge in [0.05, 0.1) is 15.7 Å². The van der Waals surface area contributed by atoms with Crippen molar-refractivity contribution in [3.05, 3.63) is 26.8 Å². The molecule has 0 aliphatic heterocycles. The molecule has 0 bridgehead atoms. The van der Waals surface area contributed by atoms with Crippen LogP contribution >= 0.6 is 22.6 Å². The first-order valence-electron chi connectivity index (χ1n) is 5.06. The van der Waals surface area contributed by atoms with Crippen LogP contribution in [0.1, 0.15) is 36.7 Å². The van der Waals surface area contributed by atoms with E-state index in [1.165, 1.54) is 5.56 Å². The van der Waals surface area contributed by atoms with Crippen molar-refractivity contribution < 1.29 is 9.53 Å². The summed E-state index contributed by atoms with van der Waals surface area (Å²) >= 11 is 2.21. The van der Waals surface area contributed by atoms with Crippen molar-refractivity contribution in [2.24, 2.45) is 0 Å². The van der Waals surface area contributed by atoms with Crippen LogP contribution in [0.5, 0.6) is 5.75 Å². The van der Waals surface area contributed by atoms with Gasteiger partial charge in [0.15, 0.2) is 5.78 Å². The molecule has 0 aliphatic carbocycles. The second kappa shape index (κ2) is 5.49. The standard InChI is InChI=1S/C12H15IO2/c1-4-9-6-10(8(3)14)12(15-5-2)11(13)7-9/h6-7H,4-5H2,1-3H3. The molecule has 1 aromatic rings. The average molecular weight is 318 g/mol. The molecule has 0 atom stereocenters. The van der Waals surface area contributed by atoms with Crippen LogP contribution in [-0.4, -0.2) is 12.4 Å². The van der Waals surface area contributed by atoms with Gasteiger partial charge < -0.3 is 4.74 Å². The molecule has 0 saturated carbocycles. The quantitative estimate of drug-likeness (QED) is 0.628. The summed E-state index contributed by atoms with van der Waals surface area (Å²) < 4.78 is 6.51. The molecule has 0 saturated heterocycles. The number of Topliss-reactive ketones (excluding diaryl/α,β-unsaturated/α-hetero) is 1. The predicted octanol–water partition coefficient (Wildman–Crippen LogP) is 3.45. The minimum Gasteiger partial charge on any atom is -0.492 e. The van der Waals surface area contributed by atoms with E-state index in [1.807, 2.05) is 13.0 Å². The van der Waals surface area contributed by atoms with E-state index in [2.05, 4.69) is 35.6 Å². The molecule has 0 aromatic heterocycles. The predicted molar refractivity (Wildman–Crippen MR) is 69.7 cm³/mol. The molecule has 0 N–H and O–H groups in total. The zero-order chi connectivity index (χ0) is 11.4. The monoisotopic (exact) mass is 318 g/mol. The van der Waals surface area contributed by atoms with Gasteiger partial charge in [-0.1, -0.05) is 6.92 Å². The third kappa shape index (κ3) is 2.93. The topological polar surface area (TPSA) is 26.3 Å². The number of benzene rings is 1. The Morgan fingerprint density at radius 3 is 2.53 bits per heavy atom. The van der Waals surface area contributed by atoms with Gasteiger partial charge in [-0.25, -0.2) is 0 Å². The Bertz CT molecular complexity index is 372. The number of rotatable bonds is 4. The highest BCUT2D eigenvalue weighted by Crippen LogP contribution is 2.28. The summed E-state index contributed by atoms with van der Waals surface area (Å²) in [5.74, 6) is 0.787. The number of hydrogen-bond donors (Lipinski definition) is 0. The van der Waals surface area contributed by atoms with Gasteiger partial charge in [-0.05, 0) is 60.6 Å². The molecule has 0 radical (unpaired) electrons. The van der Waals surface area contributed by atoms with Gasteiger partial charge in [0.1, 0.15) is 5.75 Å². The Balaban J connectivity index is 3.28. The van der Waals surface area contributed by atoms with E-state index < -0.39 is 0 Å². The number of carbonyl (C=O) groups excluding carboxylic acids is 1. The molecular weight excluding hydrogens is 303 g/mol. The first-order chi connectivity index (χ1) is 7.10. The second-order valence-corrected chi connectivity index (χ2v) is 4.46. The van der Waals surface area contributed by atoms with Crippen LogP contribution in [0.4, 0.5) is 0 Å². The highest BCUT2D eigenvalue weighted by molar-refractivity contribution is 14.1. The summed E-state index contributed by atoms with van der Waals surface area (Å²) in [5, 5.41) is 0. The number of halogens is 1. The van der Waals surface area contributed by atoms with E-state index in [0.717, 1.165) is 15.7 Å². The van der Waals surface area contributed by atoms with E-state index in [1.54, 1.807) is 6.92 Å². The highest BCUT2D eigenvalue weighted by atomic mass is 127. The Labute approximate surface area is 104 Å². The first-order valence-corrected chi connectivity index (χ1v) is 6.14. The van der Waals surface area contributed by atoms with E-state index in [9.17, 15) is 4.79 Å². The number of hydrogen-bond acceptors (Lipinski definition) is 2. The lowest BCUT2D eigenvalue weighted by Crippen LogP contribution is -2.04. The lowest BCUT2D eigenvalue weighted by atomic mass is 10.1. The average Bonchev–Trinajstić information content (AvgIpc) is 2.20. The fourth-order valence-electron chi connectivity index (χ4n) is 1.41. The summed E-state index contributed by atoms with van der Waals surface area (Å²) in [7, 11) is 0. The van der Waals surface area contributed by atoms with E-state index in [-0.39, 0.29) is 5.78 Å². The Kier molecular flexibility index (Phi) is 4.57. The highest BCUT2D eigenvalue weighted by Gasteiger charge is 2.13. The van der Waals surface area contributed by atoms with Gasteiger partial charge >= 0.3 is 0 Å². The van der Waals surface area contributed by atoms with Crippen LogP contribution in [-0.2, 0) is 6.42 Å². The van der Waals surface area contributed by atoms with Crippen molar-refractivity contribution in [1.29, 1.82) is 0 Å². The van der Waals surface area contributed by atoms with Crippen molar-refractivity contribution in [2.45, 2.75) is 27.2 Å². The SMILES string of the molecule is CCOc1c(I)cc(CC)cc1C(C)=O. The van der Waals surface area contributed by atoms with Crippen LogP contribution < -0.4 is 4.74 Å². The molecule has 0 spiro atoms. The summed E-state index contributed by atoms with van der Waals surface area (Å²) in [4.78, 5) is 11.5. The van der Waals surface area contributed by atoms with E-state index >= 15 is 0 Å². The summed E-state index contributed by atoms with van der Waals surface area (Å²) in [5.41, 5.74) is 1.87. The summed E-state index contributed by atoms with van der Waals surface area (Å²) in [6, 6.07) is 3.99. The fraction of sp³-hybridized carbons (Fsp3) is 0.417. The molecule has 0 heterocycles. The Morgan fingerprint density at radius 1 is 1.40 bits per heavy atom. The van der Waals surface area contributed by atoms with Crippen LogP contribution in [0.15, 0.2) is 12.1 Å². The van der Waals surface area contributed by atoms with Gasteiger partial charge in [0.2, 0.25) is 0 Å². The van der Waals surface area contributed by atoms with Gasteiger partial charge in [-0.2, -0.15) is 0 Å². The van der Waals surface area contributed by atoms with Crippen LogP contribution in [0.3, 0.4) is 0 Å². The maximum absolute atomic E-state index is 11.5. The zero-order valence-electron chi connectivity index (χ0n) is 9.26. The molecule has 15 heavy (non-hydrogen) atoms. The van der Waals surface area contributed by atoms with Gasteiger partial charge in [-0.3, -0.25) is 4.79 Å². The molecular formula is C12H15IO2. The third-order valence-corrected chi connectivity index (χ3v) is 2.98. The molecule has 82 valence electrons. The molecule has 0 aliphatic rings. The molecule has 2 nitrogen and oxygen atoms in total. The number of carbonyl (C=O) groups is 1. The largest absolute Gasteiger partial charge is 0.492 e. The summed E-state index contributed by atoms with van der Waals surface area (Å²) in [6.07, 6.45) is 0.933. The molecule has 0 amide bonds. The Morgan fingerprint density at radius 2 is 2.07 bits per heavy atom. The first kappa shape index (κ1) is 12.5. The lowest BCUT2D eigenvalue weighted by Gasteiger charge is -2.12. The van der Waals surface area contributed by atoms with Crippen molar-refractivity contribution in [1.82, 2.24) is 0 Å². The van der Waals surface area contributed by atoms with Crippen LogP contribution in [0, 0.1) is 3.57 Å². The van der Waals surface area contributed by atoms with Crippen molar-refractivity contribution >= 4 is 28.4 Å². The van der Waals surface area contributed by atoms with Gasteiger partial charge in [0.25, 0.3) is 0 Å². The van der Waals surface area contributed by atoms with E-state index in [0.29, 0.717) is 12.2 Å². The number of ketones is 1. The Hall–Kier alpha value is -0.580. The van der Waals surface area contributed by atoms with Gasteiger partial charge in [-0.15, -0.1) is 0 Å². The van der Waals surface area contributed by atoms with Gasteiger partial charge in [0, 0.05) is 0 Å². The number of aryl methyl sites for hydroxylation is 1. The second-order valence-electron chi connectivity index (χ2n) is 3.30. The molecule has 0 fully saturated rings. The van der Waals surface area contributed by atoms with E-state index in [4.69, 9.17) is 4.74 Å². The fourth-order valence-corrected chi connectivity index (χ4v) is 2.25. The summed E-state index contributed by atoms with van der Waals surface area (Å²) in [6.45, 7) is 6.17. The van der Waals surface area contributed by atoms with Crippen LogP contribution in [0.2, 0.25) is 0 Å². The lowest BCUT2D eigenvalue weighted by molar-refractivity contribution is 0.101. The van der Waals surface area contributed by atoms with Crippen molar-refractivity contribution in [3.8, 4) is 5.75 Å². The molecule has 1 aromatic carbocycles. The number of ether oxygens (including phenoxy) is 1. The normalized spacial score (nSPS) is 10.1. The minimum atomic E-state index is 0.0617. The zero-order valence-corrected chi connectivity index (χ0v) is 11.4.